The van der Waals surface area contributed by atoms with E-state index >= 15 is 0 Å². The van der Waals surface area contributed by atoms with E-state index in [2.05, 4.69) is 170 Å². The second kappa shape index (κ2) is 17.7. The van der Waals surface area contributed by atoms with Crippen molar-refractivity contribution in [2.75, 3.05) is 6.61 Å². The molecule has 0 saturated carbocycles. The summed E-state index contributed by atoms with van der Waals surface area (Å²) in [6.45, 7) is 3.03. The summed E-state index contributed by atoms with van der Waals surface area (Å²) < 4.78 is 8.27. The van der Waals surface area contributed by atoms with Crippen LogP contribution in [0.1, 0.15) is 54.9 Å². The topological polar surface area (TPSA) is 27.1 Å². The SMILES string of the molecule is BC=C(c1ccccc1)c1ccccc1.CCCCCCOc1ccc([SiH2]C(c2ccccc2)(c2ccccc2)n2ccnc2)cc1. The van der Waals surface area contributed by atoms with Crippen LogP contribution < -0.4 is 9.92 Å². The van der Waals surface area contributed by atoms with E-state index in [1.54, 1.807) is 0 Å². The van der Waals surface area contributed by atoms with Crippen LogP contribution in [0.15, 0.2) is 170 Å². The summed E-state index contributed by atoms with van der Waals surface area (Å²) in [7, 11) is 1.23. The Bertz CT molecular complexity index is 1660. The van der Waals surface area contributed by atoms with E-state index in [1.807, 2.05) is 24.7 Å². The third-order valence-electron chi connectivity index (χ3n) is 8.56. The lowest BCUT2D eigenvalue weighted by Crippen LogP contribution is -2.46. The fraction of sp³-hybridized carbons (Fsp3) is 0.167. The van der Waals surface area contributed by atoms with E-state index in [0.717, 1.165) is 18.8 Å². The van der Waals surface area contributed by atoms with Crippen LogP contribution in [0.3, 0.4) is 0 Å². The summed E-state index contributed by atoms with van der Waals surface area (Å²) in [5.74, 6) is 3.12. The van der Waals surface area contributed by atoms with E-state index in [-0.39, 0.29) is 5.16 Å². The van der Waals surface area contributed by atoms with Gasteiger partial charge in [0.1, 0.15) is 13.6 Å². The fourth-order valence-corrected chi connectivity index (χ4v) is 8.44. The molecule has 5 aromatic carbocycles. The average Bonchev–Trinajstić information content (AvgIpc) is 3.69. The van der Waals surface area contributed by atoms with Crippen molar-refractivity contribution in [3.8, 4) is 5.75 Å². The number of rotatable bonds is 13. The van der Waals surface area contributed by atoms with E-state index in [9.17, 15) is 0 Å². The molecule has 0 N–H and O–H groups in total. The Kier molecular flexibility index (Phi) is 12.6. The van der Waals surface area contributed by atoms with Gasteiger partial charge in [0.25, 0.3) is 0 Å². The Morgan fingerprint density at radius 3 is 1.70 bits per heavy atom. The summed E-state index contributed by atoms with van der Waals surface area (Å²) in [6.07, 6.45) is 10.8. The van der Waals surface area contributed by atoms with Crippen LogP contribution in [0.2, 0.25) is 0 Å². The van der Waals surface area contributed by atoms with Crippen molar-refractivity contribution in [2.45, 2.75) is 37.8 Å². The number of nitrogens with zero attached hydrogens (tertiary/aromatic N) is 2. The first-order chi connectivity index (χ1) is 23.2. The van der Waals surface area contributed by atoms with Gasteiger partial charge in [0.2, 0.25) is 0 Å². The van der Waals surface area contributed by atoms with Crippen molar-refractivity contribution in [1.82, 2.24) is 9.55 Å². The van der Waals surface area contributed by atoms with Crippen LogP contribution in [-0.2, 0) is 5.16 Å². The maximum absolute atomic E-state index is 5.98. The highest BCUT2D eigenvalue weighted by atomic mass is 28.2. The largest absolute Gasteiger partial charge is 0.494 e. The molecule has 0 spiro atoms. The molecule has 0 amide bonds. The molecule has 0 aliphatic carbocycles. The summed E-state index contributed by atoms with van der Waals surface area (Å²) in [5, 5.41) is 1.14. The van der Waals surface area contributed by atoms with Crippen molar-refractivity contribution in [2.24, 2.45) is 0 Å². The van der Waals surface area contributed by atoms with Gasteiger partial charge < -0.3 is 9.30 Å². The fourth-order valence-electron chi connectivity index (χ4n) is 6.13. The summed E-state index contributed by atoms with van der Waals surface area (Å²) in [5.41, 5.74) is 6.42. The molecular formula is C42H45BN2OSi. The minimum absolute atomic E-state index is 0.248. The predicted molar refractivity (Wildman–Crippen MR) is 204 cm³/mol. The van der Waals surface area contributed by atoms with Crippen LogP contribution in [0.5, 0.6) is 5.75 Å². The highest BCUT2D eigenvalue weighted by molar-refractivity contribution is 6.57. The lowest BCUT2D eigenvalue weighted by atomic mass is 9.92. The zero-order valence-electron chi connectivity index (χ0n) is 27.7. The average molecular weight is 633 g/mol. The van der Waals surface area contributed by atoms with Crippen molar-refractivity contribution >= 4 is 28.1 Å². The molecular weight excluding hydrogens is 587 g/mol. The number of hydrogen-bond donors (Lipinski definition) is 0. The number of benzene rings is 5. The molecule has 0 atom stereocenters. The third kappa shape index (κ3) is 8.90. The molecule has 236 valence electrons. The smallest absolute Gasteiger partial charge is 0.130 e. The van der Waals surface area contributed by atoms with Gasteiger partial charge in [0, 0.05) is 12.4 Å². The van der Waals surface area contributed by atoms with Crippen molar-refractivity contribution < 1.29 is 4.74 Å². The number of unbranched alkanes of at least 4 members (excludes halogenated alkanes) is 3. The molecule has 1 aromatic heterocycles. The maximum Gasteiger partial charge on any atom is 0.130 e. The Hall–Kier alpha value is -4.87. The van der Waals surface area contributed by atoms with Crippen molar-refractivity contribution in [3.63, 3.8) is 0 Å². The number of aromatic nitrogens is 2. The van der Waals surface area contributed by atoms with Gasteiger partial charge >= 0.3 is 0 Å². The Morgan fingerprint density at radius 2 is 1.23 bits per heavy atom. The zero-order chi connectivity index (χ0) is 32.6. The molecule has 6 rings (SSSR count). The van der Waals surface area contributed by atoms with E-state index in [4.69, 9.17) is 4.74 Å². The van der Waals surface area contributed by atoms with Gasteiger partial charge in [0.15, 0.2) is 0 Å². The lowest BCUT2D eigenvalue weighted by Gasteiger charge is -2.37. The Morgan fingerprint density at radius 1 is 0.702 bits per heavy atom. The quantitative estimate of drug-likeness (QED) is 0.0960. The molecule has 47 heavy (non-hydrogen) atoms. The van der Waals surface area contributed by atoms with E-state index < -0.39 is 9.52 Å². The molecule has 0 aliphatic heterocycles. The molecule has 0 radical (unpaired) electrons. The second-order valence-electron chi connectivity index (χ2n) is 11.7. The van der Waals surface area contributed by atoms with Crippen LogP contribution in [0.4, 0.5) is 0 Å². The summed E-state index contributed by atoms with van der Waals surface area (Å²) in [4.78, 5) is 4.41. The molecule has 5 heteroatoms. The van der Waals surface area contributed by atoms with Crippen LogP contribution in [0, 0.1) is 0 Å². The van der Waals surface area contributed by atoms with Crippen LogP contribution in [-0.4, -0.2) is 33.5 Å². The molecule has 0 saturated heterocycles. The highest BCUT2D eigenvalue weighted by Crippen LogP contribution is 2.33. The summed E-state index contributed by atoms with van der Waals surface area (Å²) in [6, 6.07) is 51.4. The van der Waals surface area contributed by atoms with Gasteiger partial charge in [-0.3, -0.25) is 0 Å². The van der Waals surface area contributed by atoms with Gasteiger partial charge in [-0.2, -0.15) is 0 Å². The second-order valence-corrected chi connectivity index (χ2v) is 13.9. The molecule has 6 aromatic rings. The van der Waals surface area contributed by atoms with Gasteiger partial charge in [-0.15, -0.1) is 5.98 Å². The van der Waals surface area contributed by atoms with Gasteiger partial charge in [0.05, 0.1) is 27.6 Å². The van der Waals surface area contributed by atoms with E-state index in [1.165, 1.54) is 52.3 Å². The highest BCUT2D eigenvalue weighted by Gasteiger charge is 2.36. The van der Waals surface area contributed by atoms with Crippen molar-refractivity contribution in [1.29, 1.82) is 0 Å². The van der Waals surface area contributed by atoms with Gasteiger partial charge in [-0.1, -0.05) is 165 Å². The molecule has 0 unspecified atom stereocenters. The number of imidazole rings is 1. The Labute approximate surface area is 284 Å². The lowest BCUT2D eigenvalue weighted by molar-refractivity contribution is 0.305. The standard InChI is InChI=1S/C28H32N2OSi.C14H13B/c1-2-3-4-11-22-31-26-16-18-27(19-17-26)32-28(30-21-20-29-23-30,24-12-7-5-8-13-24)25-14-9-6-10-15-25;15-11-14(12-7-3-1-4-8-12)13-9-5-2-6-10-13/h5-10,12-21,23H,2-4,11,22,32H2,1H3;1-11H,15H2. The molecule has 0 bridgehead atoms. The minimum atomic E-state index is -0.849. The molecule has 1 heterocycles. The maximum atomic E-state index is 5.98. The normalized spacial score (nSPS) is 11.1. The molecule has 0 aliphatic rings. The van der Waals surface area contributed by atoms with Crippen molar-refractivity contribution in [3.05, 3.63) is 193 Å². The third-order valence-corrected chi connectivity index (χ3v) is 11.1. The van der Waals surface area contributed by atoms with Crippen LogP contribution >= 0.6 is 0 Å². The number of hydrogen-bond acceptors (Lipinski definition) is 2. The monoisotopic (exact) mass is 632 g/mol. The first kappa shape index (κ1) is 33.5. The van der Waals surface area contributed by atoms with Gasteiger partial charge in [-0.05, 0) is 46.4 Å². The first-order valence-electron chi connectivity index (χ1n) is 16.8. The zero-order valence-corrected chi connectivity index (χ0v) is 29.1. The molecule has 3 nitrogen and oxygen atoms in total. The first-order valence-corrected chi connectivity index (χ1v) is 18.2. The summed E-state index contributed by atoms with van der Waals surface area (Å²) >= 11 is 0. The van der Waals surface area contributed by atoms with Crippen LogP contribution in [0.25, 0.3) is 5.57 Å². The Balaban J connectivity index is 0.000000241. The predicted octanol–water partition coefficient (Wildman–Crippen LogP) is 7.79. The minimum Gasteiger partial charge on any atom is -0.494 e. The number of ether oxygens (including phenoxy) is 1. The van der Waals surface area contributed by atoms with E-state index in [0.29, 0.717) is 0 Å². The molecule has 0 fully saturated rings. The van der Waals surface area contributed by atoms with Gasteiger partial charge in [-0.25, -0.2) is 4.98 Å².